The van der Waals surface area contributed by atoms with Gasteiger partial charge in [-0.05, 0) is 123 Å². The molecule has 75 heavy (non-hydrogen) atoms. The minimum Gasteiger partial charge on any atom is -0.477 e. The van der Waals surface area contributed by atoms with Crippen LogP contribution in [0.4, 0.5) is 5.69 Å². The van der Waals surface area contributed by atoms with Crippen molar-refractivity contribution in [2.45, 2.75) is 60.8 Å². The normalized spacial score (nSPS) is 9.83. The number of rotatable bonds is 11. The fourth-order valence-corrected chi connectivity index (χ4v) is 5.45. The molecule has 2 heterocycles. The van der Waals surface area contributed by atoms with Gasteiger partial charge in [-0.3, -0.25) is 14.2 Å². The number of ether oxygens (including phenoxy) is 3. The van der Waals surface area contributed by atoms with Crippen molar-refractivity contribution >= 4 is 103 Å². The summed E-state index contributed by atoms with van der Waals surface area (Å²) in [5.41, 5.74) is 9.30. The molecule has 4 aromatic carbocycles. The summed E-state index contributed by atoms with van der Waals surface area (Å²) in [7, 11) is 0. The van der Waals surface area contributed by atoms with E-state index in [4.69, 9.17) is 44.2 Å². The van der Waals surface area contributed by atoms with Gasteiger partial charge in [0.25, 0.3) is 0 Å². The summed E-state index contributed by atoms with van der Waals surface area (Å²) in [6.07, 6.45) is 9.09. The number of hydrogen-bond acceptors (Lipinski definition) is 15. The van der Waals surface area contributed by atoms with Gasteiger partial charge in [0.1, 0.15) is 11.1 Å². The highest BCUT2D eigenvalue weighted by atomic mass is 36.0. The molecule has 0 saturated heterocycles. The molecule has 0 aliphatic heterocycles. The number of halogens is 3. The van der Waals surface area contributed by atoms with Crippen molar-refractivity contribution in [3.63, 3.8) is 0 Å². The zero-order valence-electron chi connectivity index (χ0n) is 42.3. The molecule has 404 valence electrons. The Hall–Kier alpha value is -7.68. The van der Waals surface area contributed by atoms with Gasteiger partial charge < -0.3 is 42.4 Å². The molecule has 22 heteroatoms. The number of carboxylic acid groups (broad SMARTS) is 1. The van der Waals surface area contributed by atoms with Crippen molar-refractivity contribution in [1.82, 2.24) is 9.97 Å². The number of nitrogen functional groups attached to an aromatic ring is 1. The number of anilines is 1. The number of H-pyrrole nitrogens is 2. The number of carboxylic acids is 1. The Bertz CT molecular complexity index is 2930. The fourth-order valence-electron chi connectivity index (χ4n) is 5.45. The second-order valence-corrected chi connectivity index (χ2v) is 20.2. The highest BCUT2D eigenvalue weighted by Crippen LogP contribution is 2.61. The summed E-state index contributed by atoms with van der Waals surface area (Å²) in [6, 6.07) is 33.4. The predicted molar refractivity (Wildman–Crippen MR) is 290 cm³/mol. The molecule has 5 N–H and O–H groups in total. The van der Waals surface area contributed by atoms with Crippen LogP contribution in [0.25, 0.3) is 21.8 Å². The van der Waals surface area contributed by atoms with E-state index in [2.05, 4.69) is 55.8 Å². The van der Waals surface area contributed by atoms with Crippen LogP contribution in [0.1, 0.15) is 80.7 Å². The molecule has 2 aromatic heterocycles. The Morgan fingerprint density at radius 1 is 0.613 bits per heavy atom. The molecule has 0 bridgehead atoms. The number of aromatic carboxylic acids is 1. The molecule has 0 atom stereocenters. The van der Waals surface area contributed by atoms with Gasteiger partial charge in [0, 0.05) is 51.0 Å². The molecule has 18 nitrogen and oxygen atoms in total. The maximum Gasteiger partial charge on any atom is 0.373 e. The minimum atomic E-state index is -3.22. The quantitative estimate of drug-likeness (QED) is 0.0234. The van der Waals surface area contributed by atoms with E-state index in [0.29, 0.717) is 41.4 Å². The third-order valence-electron chi connectivity index (χ3n) is 8.71. The van der Waals surface area contributed by atoms with Crippen molar-refractivity contribution in [2.24, 2.45) is 0 Å². The van der Waals surface area contributed by atoms with Crippen LogP contribution < -0.4 is 16.6 Å². The van der Waals surface area contributed by atoms with E-state index in [0.717, 1.165) is 29.7 Å². The maximum absolute atomic E-state index is 11.9. The van der Waals surface area contributed by atoms with E-state index in [1.165, 1.54) is 18.0 Å². The van der Waals surface area contributed by atoms with Crippen LogP contribution >= 0.6 is 38.9 Å². The number of aromatic amines is 2. The largest absolute Gasteiger partial charge is 0.477 e. The van der Waals surface area contributed by atoms with Crippen LogP contribution in [-0.4, -0.2) is 71.1 Å². The van der Waals surface area contributed by atoms with Gasteiger partial charge in [-0.15, -0.1) is 0 Å². The second kappa shape index (κ2) is 42.8. The number of para-hydroxylation sites is 3. The summed E-state index contributed by atoms with van der Waals surface area (Å²) in [5.74, 6) is -2.18. The minimum absolute atomic E-state index is 0. The molecule has 0 aliphatic carbocycles. The number of aromatic nitrogens is 2. The van der Waals surface area contributed by atoms with E-state index in [1.54, 1.807) is 62.4 Å². The Balaban J connectivity index is -0.000000835. The molecule has 0 aliphatic rings. The van der Waals surface area contributed by atoms with Gasteiger partial charge in [0.2, 0.25) is 10.9 Å². The number of carbonyl (C=O) groups excluding carboxylic acids is 7. The zero-order valence-corrected chi connectivity index (χ0v) is 45.4. The Morgan fingerprint density at radius 2 is 0.973 bits per heavy atom. The Kier molecular flexibility index (Phi) is 40.8. The van der Waals surface area contributed by atoms with Crippen molar-refractivity contribution in [3.05, 3.63) is 189 Å². The first-order valence-corrected chi connectivity index (χ1v) is 26.4. The molecule has 0 fully saturated rings. The molecule has 6 rings (SSSR count). The van der Waals surface area contributed by atoms with Crippen molar-refractivity contribution in [1.29, 1.82) is 0 Å². The number of nitrogens with two attached hydrogens (primary N) is 1. The van der Waals surface area contributed by atoms with Crippen LogP contribution in [0.5, 0.6) is 0 Å². The summed E-state index contributed by atoms with van der Waals surface area (Å²) in [5, 5.41) is 6.37. The summed E-state index contributed by atoms with van der Waals surface area (Å²) in [4.78, 5) is 106. The van der Waals surface area contributed by atoms with Crippen LogP contribution in [0, 0.1) is 7.43 Å². The lowest BCUT2D eigenvalue weighted by Crippen LogP contribution is -2.17. The van der Waals surface area contributed by atoms with Gasteiger partial charge >= 0.3 is 41.4 Å². The van der Waals surface area contributed by atoms with Crippen LogP contribution in [-0.2, 0) is 54.0 Å². The number of allylic oxidation sites excluding steroid dienone is 2. The summed E-state index contributed by atoms with van der Waals surface area (Å²) in [6.45, 7) is 12.2. The molecular formula is C53H60Cl3N3O15P-. The number of carbonyl (C=O) groups is 4. The monoisotopic (exact) mass is 1110 g/mol. The average Bonchev–Trinajstić information content (AvgIpc) is 3.36. The lowest BCUT2D eigenvalue weighted by atomic mass is 10.1. The Labute approximate surface area is 448 Å². The number of pyridine rings is 2. The van der Waals surface area contributed by atoms with Gasteiger partial charge in [0.15, 0.2) is 0 Å². The molecule has 0 amide bonds. The number of esters is 3. The fraction of sp³-hybridized carbons (Fsp3) is 0.226. The third kappa shape index (κ3) is 32.2. The third-order valence-corrected chi connectivity index (χ3v) is 8.71. The molecule has 6 aromatic rings. The standard InChI is InChI=1S/C14H18O2.C12H11NO3.C10H7NO3.C8H14O2.C6H7N.2CO2.CH3.Cl3OP/c1-3-13(14(15)16-4-2)11-10-12-8-6-5-7-9-12;1-2-16-12(15)9-7-13-10-6-4-3-5-8(10)11(9)14;12-9-6-3-1-2-4-8(6)11-5-7(9)10(13)14;1-4-7(5-2)8(9)10-6-3;7-6-4-2-1-3-5-6;2*2-1-3;;1-5(2,3)4/h5-9,11H,3-4,10H2,1-2H3;3-7H,2H2,1H3,(H,13,14);1-5H,(H,11,12)(H,13,14);4H,5-6H2,1-3H3;1-5H,7H2;;;1H3;/q;;;;;;;-1;/b13-11+;;;7-4+;;;;;. The molecular weight excluding hydrogens is 1060 g/mol. The zero-order chi connectivity index (χ0) is 56.5. The molecule has 0 spiro atoms. The van der Waals surface area contributed by atoms with E-state index in [9.17, 15) is 33.3 Å². The van der Waals surface area contributed by atoms with Crippen LogP contribution in [0.3, 0.4) is 0 Å². The summed E-state index contributed by atoms with van der Waals surface area (Å²) >= 11 is 13.8. The Morgan fingerprint density at radius 3 is 1.33 bits per heavy atom. The summed E-state index contributed by atoms with van der Waals surface area (Å²) < 4.78 is 24.1. The topological polar surface area (TPSA) is 293 Å². The molecule has 0 radical (unpaired) electrons. The maximum atomic E-state index is 11.9. The van der Waals surface area contributed by atoms with Gasteiger partial charge in [0.05, 0.1) is 19.8 Å². The van der Waals surface area contributed by atoms with Crippen LogP contribution in [0.2, 0.25) is 0 Å². The number of fused-ring (bicyclic) bond motifs is 2. The first-order valence-electron chi connectivity index (χ1n) is 22.0. The van der Waals surface area contributed by atoms with Crippen molar-refractivity contribution in [2.75, 3.05) is 25.6 Å². The van der Waals surface area contributed by atoms with E-state index >= 15 is 0 Å². The van der Waals surface area contributed by atoms with Gasteiger partial charge in [-0.1, -0.05) is 98.8 Å². The van der Waals surface area contributed by atoms with Crippen LogP contribution in [0.15, 0.2) is 154 Å². The second-order valence-electron chi connectivity index (χ2n) is 13.5. The SMILES string of the molecule is C/C=C(\CC)C(=O)OCC.CCOC(=O)/C(=C/Cc1ccccc1)CC.CCOC(=O)c1c[nH]c2ccccc2c1=O.Nc1ccccc1.O=C(O)c1c[nH]c2ccccc2c1=O.O=C=O.O=C=O.O=P(Cl)(Cl)Cl.[CH3-]. The molecule has 0 saturated carbocycles. The van der Waals surface area contributed by atoms with E-state index < -0.39 is 22.6 Å². The predicted octanol–water partition coefficient (Wildman–Crippen LogP) is 11.3. The number of benzene rings is 4. The van der Waals surface area contributed by atoms with E-state index in [1.807, 2.05) is 88.4 Å². The lowest BCUT2D eigenvalue weighted by Gasteiger charge is -2.04. The number of nitrogens with one attached hydrogen (secondary N) is 2. The highest BCUT2D eigenvalue weighted by Gasteiger charge is 2.14. The first kappa shape index (κ1) is 71.6. The lowest BCUT2D eigenvalue weighted by molar-refractivity contribution is -0.193. The van der Waals surface area contributed by atoms with Crippen molar-refractivity contribution in [3.8, 4) is 0 Å². The van der Waals surface area contributed by atoms with E-state index in [-0.39, 0.29) is 54.8 Å². The molecule has 0 unspecified atom stereocenters. The number of hydrogen-bond donors (Lipinski definition) is 4. The first-order chi connectivity index (χ1) is 35.2. The smallest absolute Gasteiger partial charge is 0.373 e. The van der Waals surface area contributed by atoms with Gasteiger partial charge in [-0.2, -0.15) is 19.2 Å². The average molecular weight is 1120 g/mol. The highest BCUT2D eigenvalue weighted by molar-refractivity contribution is 8.24. The van der Waals surface area contributed by atoms with Gasteiger partial charge in [-0.25, -0.2) is 19.2 Å². The van der Waals surface area contributed by atoms with Crippen molar-refractivity contribution < 1.29 is 62.2 Å².